The van der Waals surface area contributed by atoms with E-state index >= 15 is 0 Å². The molecule has 1 N–H and O–H groups in total. The van der Waals surface area contributed by atoms with Crippen LogP contribution in [0.15, 0.2) is 0 Å². The lowest BCUT2D eigenvalue weighted by molar-refractivity contribution is -0.138. The Morgan fingerprint density at radius 3 is 1.83 bits per heavy atom. The number of nitrogens with zero attached hydrogens (tertiary/aromatic N) is 1. The van der Waals surface area contributed by atoms with Crippen molar-refractivity contribution in [2.45, 2.75) is 129 Å². The number of nitrogens with one attached hydrogen (secondary N) is 1. The first-order chi connectivity index (χ1) is 14.1. The maximum absolute atomic E-state index is 11.9. The van der Waals surface area contributed by atoms with E-state index in [2.05, 4.69) is 24.2 Å². The van der Waals surface area contributed by atoms with Crippen LogP contribution in [0.4, 0.5) is 0 Å². The predicted octanol–water partition coefficient (Wildman–Crippen LogP) is 6.03. The van der Waals surface area contributed by atoms with Crippen molar-refractivity contribution in [3.05, 3.63) is 0 Å². The van der Waals surface area contributed by atoms with Crippen LogP contribution in [-0.2, 0) is 9.59 Å². The number of carbonyl (C=O) groups excluding carboxylic acids is 2. The number of Topliss-reactive ketones (excluding diaryl/α,β-unsaturated/α-hetero) is 1. The minimum Gasteiger partial charge on any atom is -0.349 e. The van der Waals surface area contributed by atoms with Crippen molar-refractivity contribution < 1.29 is 9.59 Å². The molecule has 1 heterocycles. The van der Waals surface area contributed by atoms with E-state index in [0.29, 0.717) is 19.0 Å². The number of amides is 1. The van der Waals surface area contributed by atoms with Crippen molar-refractivity contribution in [3.8, 4) is 0 Å². The van der Waals surface area contributed by atoms with Crippen molar-refractivity contribution in [1.29, 1.82) is 0 Å². The van der Waals surface area contributed by atoms with Gasteiger partial charge in [-0.25, -0.2) is 0 Å². The lowest BCUT2D eigenvalue weighted by atomic mass is 10.0. The minimum absolute atomic E-state index is 0.233. The molecule has 1 atom stereocenters. The first-order valence-electron chi connectivity index (χ1n) is 12.7. The SMILES string of the molecule is CCCCCCCCCCCCCCCCC(=O)C(=O)NCCC1CCCN1C. The zero-order chi connectivity index (χ0) is 21.2. The summed E-state index contributed by atoms with van der Waals surface area (Å²) >= 11 is 0. The van der Waals surface area contributed by atoms with E-state index in [0.717, 1.165) is 25.8 Å². The van der Waals surface area contributed by atoms with E-state index in [1.165, 1.54) is 89.9 Å². The second-order valence-corrected chi connectivity index (χ2v) is 9.09. The molecule has 1 aliphatic rings. The third-order valence-electron chi connectivity index (χ3n) is 6.45. The van der Waals surface area contributed by atoms with E-state index in [1.54, 1.807) is 0 Å². The molecule has 1 aliphatic heterocycles. The topological polar surface area (TPSA) is 49.4 Å². The van der Waals surface area contributed by atoms with Gasteiger partial charge in [-0.3, -0.25) is 9.59 Å². The molecule has 1 unspecified atom stereocenters. The second-order valence-electron chi connectivity index (χ2n) is 9.09. The van der Waals surface area contributed by atoms with E-state index in [4.69, 9.17) is 0 Å². The Labute approximate surface area is 180 Å². The van der Waals surface area contributed by atoms with Gasteiger partial charge in [-0.2, -0.15) is 0 Å². The number of ketones is 1. The number of hydrogen-bond donors (Lipinski definition) is 1. The van der Waals surface area contributed by atoms with Crippen molar-refractivity contribution in [1.82, 2.24) is 10.2 Å². The van der Waals surface area contributed by atoms with E-state index in [9.17, 15) is 9.59 Å². The largest absolute Gasteiger partial charge is 0.349 e. The summed E-state index contributed by atoms with van der Waals surface area (Å²) in [6.07, 6.45) is 22.0. The van der Waals surface area contributed by atoms with Gasteiger partial charge >= 0.3 is 0 Å². The quantitative estimate of drug-likeness (QED) is 0.210. The van der Waals surface area contributed by atoms with Crippen molar-refractivity contribution in [2.24, 2.45) is 0 Å². The van der Waals surface area contributed by atoms with Gasteiger partial charge in [0.2, 0.25) is 5.78 Å². The molecule has 0 radical (unpaired) electrons. The highest BCUT2D eigenvalue weighted by Gasteiger charge is 2.21. The van der Waals surface area contributed by atoms with Gasteiger partial charge in [-0.15, -0.1) is 0 Å². The average Bonchev–Trinajstić information content (AvgIpc) is 3.12. The summed E-state index contributed by atoms with van der Waals surface area (Å²) in [4.78, 5) is 26.2. The molecule has 4 nitrogen and oxygen atoms in total. The van der Waals surface area contributed by atoms with E-state index in [-0.39, 0.29) is 11.7 Å². The Morgan fingerprint density at radius 1 is 0.828 bits per heavy atom. The molecule has 0 spiro atoms. The molecule has 0 aromatic carbocycles. The average molecular weight is 409 g/mol. The van der Waals surface area contributed by atoms with Crippen LogP contribution in [0.25, 0.3) is 0 Å². The van der Waals surface area contributed by atoms with Crippen LogP contribution >= 0.6 is 0 Å². The number of rotatable bonds is 19. The molecule has 1 saturated heterocycles. The summed E-state index contributed by atoms with van der Waals surface area (Å²) in [6, 6.07) is 0.566. The molecule has 4 heteroatoms. The van der Waals surface area contributed by atoms with Gasteiger partial charge in [0.1, 0.15) is 0 Å². The highest BCUT2D eigenvalue weighted by atomic mass is 16.2. The van der Waals surface area contributed by atoms with Crippen molar-refractivity contribution in [3.63, 3.8) is 0 Å². The third kappa shape index (κ3) is 13.9. The molecule has 0 bridgehead atoms. The van der Waals surface area contributed by atoms with Crippen LogP contribution in [0.5, 0.6) is 0 Å². The smallest absolute Gasteiger partial charge is 0.287 e. The van der Waals surface area contributed by atoms with Crippen LogP contribution in [0.1, 0.15) is 122 Å². The molecule has 1 rings (SSSR count). The highest BCUT2D eigenvalue weighted by Crippen LogP contribution is 2.17. The van der Waals surface area contributed by atoms with Gasteiger partial charge < -0.3 is 10.2 Å². The Morgan fingerprint density at radius 2 is 1.34 bits per heavy atom. The second kappa shape index (κ2) is 17.9. The highest BCUT2D eigenvalue weighted by molar-refractivity contribution is 6.36. The first kappa shape index (κ1) is 26.1. The molecule has 0 aliphatic carbocycles. The van der Waals surface area contributed by atoms with Crippen LogP contribution in [0, 0.1) is 0 Å². The van der Waals surface area contributed by atoms with Crippen molar-refractivity contribution in [2.75, 3.05) is 20.1 Å². The first-order valence-corrected chi connectivity index (χ1v) is 12.7. The molecule has 29 heavy (non-hydrogen) atoms. The third-order valence-corrected chi connectivity index (χ3v) is 6.45. The Hall–Kier alpha value is -0.900. The zero-order valence-corrected chi connectivity index (χ0v) is 19.5. The number of carbonyl (C=O) groups is 2. The standard InChI is InChI=1S/C25H48N2O2/c1-3-4-5-6-7-8-9-10-11-12-13-14-15-16-19-24(28)25(29)26-21-20-23-18-17-22-27(23)2/h23H,3-22H2,1-2H3,(H,26,29). The Bertz CT molecular complexity index is 425. The summed E-state index contributed by atoms with van der Waals surface area (Å²) in [5.74, 6) is -0.607. The number of unbranched alkanes of at least 4 members (excludes halogenated alkanes) is 13. The molecule has 0 aromatic heterocycles. The van der Waals surface area contributed by atoms with Gasteiger partial charge in [0, 0.05) is 19.0 Å². The molecule has 0 saturated carbocycles. The number of likely N-dealkylation sites (tertiary alicyclic amines) is 1. The fourth-order valence-electron chi connectivity index (χ4n) is 4.39. The minimum atomic E-state index is -0.375. The van der Waals surface area contributed by atoms with Gasteiger partial charge in [0.05, 0.1) is 0 Å². The molecular weight excluding hydrogens is 360 g/mol. The zero-order valence-electron chi connectivity index (χ0n) is 19.5. The normalized spacial score (nSPS) is 17.0. The van der Waals surface area contributed by atoms with Gasteiger partial charge in [0.25, 0.3) is 5.91 Å². The maximum Gasteiger partial charge on any atom is 0.287 e. The fourth-order valence-corrected chi connectivity index (χ4v) is 4.39. The summed E-state index contributed by atoms with van der Waals surface area (Å²) in [7, 11) is 2.14. The molecule has 1 amide bonds. The van der Waals surface area contributed by atoms with Gasteiger partial charge in [-0.1, -0.05) is 90.4 Å². The van der Waals surface area contributed by atoms with Gasteiger partial charge in [0.15, 0.2) is 0 Å². The lowest BCUT2D eigenvalue weighted by Crippen LogP contribution is -2.35. The van der Waals surface area contributed by atoms with Crippen LogP contribution < -0.4 is 5.32 Å². The van der Waals surface area contributed by atoms with Gasteiger partial charge in [-0.05, 0) is 39.3 Å². The Balaban J connectivity index is 1.83. The molecular formula is C25H48N2O2. The summed E-state index contributed by atoms with van der Waals surface area (Å²) in [6.45, 7) is 4.04. The summed E-state index contributed by atoms with van der Waals surface area (Å²) in [5, 5.41) is 2.81. The molecule has 1 fully saturated rings. The Kier molecular flexibility index (Phi) is 16.1. The van der Waals surface area contributed by atoms with Crippen LogP contribution in [0.2, 0.25) is 0 Å². The lowest BCUT2D eigenvalue weighted by Gasteiger charge is -2.19. The summed E-state index contributed by atoms with van der Waals surface area (Å²) in [5.41, 5.74) is 0. The monoisotopic (exact) mass is 408 g/mol. The van der Waals surface area contributed by atoms with E-state index < -0.39 is 0 Å². The maximum atomic E-state index is 11.9. The number of hydrogen-bond acceptors (Lipinski definition) is 3. The fraction of sp³-hybridized carbons (Fsp3) is 0.920. The van der Waals surface area contributed by atoms with E-state index in [1.807, 2.05) is 0 Å². The van der Waals surface area contributed by atoms with Crippen LogP contribution in [-0.4, -0.2) is 42.8 Å². The predicted molar refractivity (Wildman–Crippen MR) is 123 cm³/mol. The summed E-state index contributed by atoms with van der Waals surface area (Å²) < 4.78 is 0. The molecule has 170 valence electrons. The molecule has 0 aromatic rings. The van der Waals surface area contributed by atoms with Crippen molar-refractivity contribution >= 4 is 11.7 Å². The van der Waals surface area contributed by atoms with Crippen LogP contribution in [0.3, 0.4) is 0 Å².